The highest BCUT2D eigenvalue weighted by Gasteiger charge is 2.24. The Morgan fingerprint density at radius 1 is 0.897 bits per heavy atom. The zero-order valence-electron chi connectivity index (χ0n) is 39.4. The lowest BCUT2D eigenvalue weighted by atomic mass is 9.84. The molecule has 366 valence electrons. The van der Waals surface area contributed by atoms with Gasteiger partial charge in [-0.25, -0.2) is 0 Å². The lowest BCUT2D eigenvalue weighted by molar-refractivity contribution is -0.149. The highest BCUT2D eigenvalue weighted by molar-refractivity contribution is 6.30. The normalized spacial score (nSPS) is 14.1. The Morgan fingerprint density at radius 3 is 2.26 bits per heavy atom. The van der Waals surface area contributed by atoms with Gasteiger partial charge in [-0.05, 0) is 130 Å². The van der Waals surface area contributed by atoms with Crippen LogP contribution in [0.1, 0.15) is 66.5 Å². The van der Waals surface area contributed by atoms with Gasteiger partial charge in [-0.1, -0.05) is 35.4 Å². The molecule has 1 amide bonds. The van der Waals surface area contributed by atoms with Crippen LogP contribution in [0.25, 0.3) is 10.9 Å². The second kappa shape index (κ2) is 28.3. The molecular weight excluding hydrogens is 900 g/mol. The van der Waals surface area contributed by atoms with E-state index in [-0.39, 0.29) is 37.5 Å². The third-order valence-electron chi connectivity index (χ3n) is 11.0. The Morgan fingerprint density at radius 2 is 1.62 bits per heavy atom. The van der Waals surface area contributed by atoms with Crippen LogP contribution in [0.3, 0.4) is 0 Å². The fourth-order valence-electron chi connectivity index (χ4n) is 7.28. The number of rotatable bonds is 17. The zero-order chi connectivity index (χ0) is 49.4. The summed E-state index contributed by atoms with van der Waals surface area (Å²) >= 11 is 5.61. The minimum absolute atomic E-state index is 0.00278. The van der Waals surface area contributed by atoms with E-state index in [0.29, 0.717) is 68.1 Å². The van der Waals surface area contributed by atoms with Gasteiger partial charge in [0.15, 0.2) is 28.8 Å². The van der Waals surface area contributed by atoms with Crippen LogP contribution in [0.5, 0.6) is 17.2 Å². The molecule has 16 nitrogen and oxygen atoms in total. The highest BCUT2D eigenvalue weighted by atomic mass is 35.5. The molecule has 3 aromatic carbocycles. The van der Waals surface area contributed by atoms with E-state index in [4.69, 9.17) is 44.8 Å². The number of hydrogen-bond donors (Lipinski definition) is 2. The first kappa shape index (κ1) is 53.7. The Hall–Kier alpha value is -6.94. The average Bonchev–Trinajstić information content (AvgIpc) is 3.85. The van der Waals surface area contributed by atoms with Crippen molar-refractivity contribution in [2.75, 3.05) is 55.0 Å². The van der Waals surface area contributed by atoms with Crippen molar-refractivity contribution in [3.63, 3.8) is 0 Å². The van der Waals surface area contributed by atoms with Crippen LogP contribution in [0.15, 0.2) is 90.1 Å². The lowest BCUT2D eigenvalue weighted by Crippen LogP contribution is -2.26. The van der Waals surface area contributed by atoms with Crippen molar-refractivity contribution in [2.24, 2.45) is 5.92 Å². The number of nitrogens with one attached hydrogen (secondary N) is 1. The molecule has 1 atom stereocenters. The Kier molecular flexibility index (Phi) is 22.3. The molecule has 0 spiro atoms. The number of halogens is 1. The van der Waals surface area contributed by atoms with Crippen LogP contribution in [-0.4, -0.2) is 95.4 Å². The highest BCUT2D eigenvalue weighted by Crippen LogP contribution is 2.38. The van der Waals surface area contributed by atoms with E-state index in [1.54, 1.807) is 38.3 Å². The first-order chi connectivity index (χ1) is 32.8. The number of benzene rings is 3. The first-order valence-corrected chi connectivity index (χ1v) is 22.4. The summed E-state index contributed by atoms with van der Waals surface area (Å²) in [6.07, 6.45) is 11.2. The number of ether oxygens (including phenoxy) is 8. The summed E-state index contributed by atoms with van der Waals surface area (Å²) in [5.74, 6) is 2.63. The number of aliphatic hydroxyl groups excluding tert-OH is 1. The summed E-state index contributed by atoms with van der Waals surface area (Å²) in [6, 6.07) is 17.3. The van der Waals surface area contributed by atoms with Gasteiger partial charge in [0.1, 0.15) is 5.75 Å². The molecule has 1 aliphatic heterocycles. The molecule has 7 rings (SSSR count). The Bertz CT molecular complexity index is 2400. The van der Waals surface area contributed by atoms with E-state index in [0.717, 1.165) is 65.1 Å². The fraction of sp³-hybridized carbons (Fsp3) is 0.392. The molecule has 0 radical (unpaired) electrons. The molecule has 3 aliphatic rings. The summed E-state index contributed by atoms with van der Waals surface area (Å²) < 4.78 is 41.7. The number of carbonyl (C=O) groups excluding carboxylic acids is 5. The molecule has 0 saturated heterocycles. The molecule has 0 fully saturated rings. The van der Waals surface area contributed by atoms with Crippen LogP contribution in [0, 0.1) is 19.8 Å². The molecule has 2 heterocycles. The van der Waals surface area contributed by atoms with Gasteiger partial charge in [-0.3, -0.25) is 28.5 Å². The maximum Gasteiger partial charge on any atom is 0.306 e. The van der Waals surface area contributed by atoms with Gasteiger partial charge >= 0.3 is 11.9 Å². The largest absolute Gasteiger partial charge is 0.502 e. The van der Waals surface area contributed by atoms with Crippen LogP contribution >= 0.6 is 11.6 Å². The number of amides is 1. The average molecular weight is 962 g/mol. The van der Waals surface area contributed by atoms with Gasteiger partial charge in [0.2, 0.25) is 19.1 Å². The maximum atomic E-state index is 12.4. The number of methoxy groups -OCH3 is 4. The zero-order valence-corrected chi connectivity index (χ0v) is 40.2. The molecule has 0 saturated carbocycles. The molecule has 4 aromatic rings. The minimum Gasteiger partial charge on any atom is -0.502 e. The second-order valence-corrected chi connectivity index (χ2v) is 16.0. The number of fused-ring (bicyclic) bond motifs is 3. The number of carbonyl (C=O) groups is 5. The number of nitrogens with zero attached hydrogens (tertiary/aromatic N) is 1. The molecule has 0 bridgehead atoms. The lowest BCUT2D eigenvalue weighted by Gasteiger charge is -2.23. The summed E-state index contributed by atoms with van der Waals surface area (Å²) in [6.45, 7) is 5.85. The van der Waals surface area contributed by atoms with E-state index in [2.05, 4.69) is 22.2 Å². The monoisotopic (exact) mass is 960 g/mol. The summed E-state index contributed by atoms with van der Waals surface area (Å²) in [5, 5.41) is 14.0. The first-order valence-electron chi connectivity index (χ1n) is 22.0. The number of unbranched alkanes of at least 4 members (excludes halogenated alkanes) is 1. The van der Waals surface area contributed by atoms with Crippen molar-refractivity contribution in [2.45, 2.75) is 71.6 Å². The van der Waals surface area contributed by atoms with E-state index in [1.165, 1.54) is 42.6 Å². The van der Waals surface area contributed by atoms with Gasteiger partial charge in [-0.15, -0.1) is 0 Å². The van der Waals surface area contributed by atoms with Crippen molar-refractivity contribution in [1.29, 1.82) is 0 Å². The molecule has 1 unspecified atom stereocenters. The third kappa shape index (κ3) is 16.4. The van der Waals surface area contributed by atoms with Crippen molar-refractivity contribution in [3.8, 4) is 17.2 Å². The number of esters is 2. The van der Waals surface area contributed by atoms with Crippen molar-refractivity contribution in [1.82, 2.24) is 9.88 Å². The van der Waals surface area contributed by atoms with Crippen molar-refractivity contribution in [3.05, 3.63) is 123 Å². The van der Waals surface area contributed by atoms with Gasteiger partial charge in [0, 0.05) is 22.6 Å². The Labute approximate surface area is 401 Å². The number of aryl methyl sites for hydroxylation is 2. The molecule has 1 aromatic heterocycles. The van der Waals surface area contributed by atoms with E-state index in [1.807, 2.05) is 43.3 Å². The molecular formula is C51H61ClN2O14. The van der Waals surface area contributed by atoms with Crippen molar-refractivity contribution < 1.29 is 67.0 Å². The number of aliphatic hydroxyl groups is 1. The van der Waals surface area contributed by atoms with Gasteiger partial charge in [0.25, 0.3) is 6.47 Å². The Balaban J connectivity index is 0.000000225. The van der Waals surface area contributed by atoms with Crippen LogP contribution in [-0.2, 0) is 66.9 Å². The topological polar surface area (TPSA) is 196 Å². The van der Waals surface area contributed by atoms with E-state index < -0.39 is 11.9 Å². The molecule has 68 heavy (non-hydrogen) atoms. The second-order valence-electron chi connectivity index (χ2n) is 15.6. The minimum atomic E-state index is -0.454. The van der Waals surface area contributed by atoms with E-state index in [9.17, 15) is 29.1 Å². The summed E-state index contributed by atoms with van der Waals surface area (Å²) in [4.78, 5) is 56.5. The van der Waals surface area contributed by atoms with Gasteiger partial charge in [0.05, 0.1) is 66.4 Å². The fourth-order valence-corrected chi connectivity index (χ4v) is 7.41. The molecule has 17 heteroatoms. The number of aromatic nitrogens is 1. The third-order valence-corrected chi connectivity index (χ3v) is 11.2. The van der Waals surface area contributed by atoms with Crippen LogP contribution < -0.4 is 19.5 Å². The predicted molar refractivity (Wildman–Crippen MR) is 255 cm³/mol. The van der Waals surface area contributed by atoms with Gasteiger partial charge in [-0.2, -0.15) is 0 Å². The molecule has 2 aliphatic carbocycles. The van der Waals surface area contributed by atoms with Crippen molar-refractivity contribution >= 4 is 53.2 Å². The number of allylic oxidation sites excluding steroid dienone is 3. The summed E-state index contributed by atoms with van der Waals surface area (Å²) in [5.41, 5.74) is 6.08. The quantitative estimate of drug-likeness (QED) is 0.0445. The van der Waals surface area contributed by atoms with E-state index >= 15 is 0 Å². The maximum absolute atomic E-state index is 12.4. The SMILES string of the molecule is COC(=O)CCC(=O)OCCCCNC(=O)Cc1c(C)n(C=O)c2ccc(OC)cc12.COC1=CCC=CC(OC)=C1O.Cc1ccc(Cl)cc1.O=COCC1CCc2cc3c(cc2C1)OCO3. The van der Waals surface area contributed by atoms with Crippen LogP contribution in [0.4, 0.5) is 0 Å². The van der Waals surface area contributed by atoms with Crippen LogP contribution in [0.2, 0.25) is 5.02 Å². The number of hydrogen-bond acceptors (Lipinski definition) is 14. The molecule has 2 N–H and O–H groups in total. The predicted octanol–water partition coefficient (Wildman–Crippen LogP) is 8.17. The summed E-state index contributed by atoms with van der Waals surface area (Å²) in [7, 11) is 5.85. The standard InChI is InChI=1S/C22H28N2O7.C13H14O4.C9H12O3.C7H7Cl/c1-15-17(18-12-16(29-2)6-7-19(18)24(15)14-25)13-20(26)23-10-4-5-11-31-22(28)9-8-21(27)30-3;14-7-15-6-9-1-2-10-4-12-13(17-8-16-12)5-11(10)3-9;1-11-7-5-3-4-6-8(12-2)9(7)10;1-6-2-4-7(8)5-3-6/h6-7,12,14H,4-5,8-11,13H2,1-3H3,(H,23,26);4-5,7,9H,1-3,6,8H2;3,5-6,10H,4H2,1-2H3;2-5H,1H3. The smallest absolute Gasteiger partial charge is 0.306 e. The van der Waals surface area contributed by atoms with Gasteiger partial charge < -0.3 is 48.3 Å².